The van der Waals surface area contributed by atoms with Gasteiger partial charge in [0.1, 0.15) is 11.9 Å². The van der Waals surface area contributed by atoms with Crippen molar-refractivity contribution < 1.29 is 0 Å². The second-order valence-corrected chi connectivity index (χ2v) is 6.49. The van der Waals surface area contributed by atoms with Gasteiger partial charge in [-0.1, -0.05) is 42.5 Å². The summed E-state index contributed by atoms with van der Waals surface area (Å²) < 4.78 is 0. The van der Waals surface area contributed by atoms with Gasteiger partial charge in [0, 0.05) is 38.4 Å². The third kappa shape index (κ3) is 4.26. The molecule has 4 nitrogen and oxygen atoms in total. The van der Waals surface area contributed by atoms with Crippen LogP contribution in [0.15, 0.2) is 42.5 Å². The highest BCUT2D eigenvalue weighted by Gasteiger charge is 2.21. The monoisotopic (exact) mass is 332 g/mol. The third-order valence-electron chi connectivity index (χ3n) is 4.58. The molecule has 2 aromatic rings. The molecule has 1 fully saturated rings. The smallest absolute Gasteiger partial charge is 0.147 e. The fraction of sp³-hybridized carbons (Fsp3) is 0.333. The third-order valence-corrected chi connectivity index (χ3v) is 4.58. The molecule has 4 heteroatoms. The average Bonchev–Trinajstić information content (AvgIpc) is 2.63. The van der Waals surface area contributed by atoms with Crippen molar-refractivity contribution in [3.05, 3.63) is 64.9 Å². The Balaban J connectivity index is 1.59. The van der Waals surface area contributed by atoms with E-state index in [2.05, 4.69) is 57.3 Å². The Labute approximate surface area is 150 Å². The van der Waals surface area contributed by atoms with Crippen LogP contribution in [0.25, 0.3) is 6.08 Å². The lowest BCUT2D eigenvalue weighted by Crippen LogP contribution is -2.47. The fourth-order valence-corrected chi connectivity index (χ4v) is 3.23. The summed E-state index contributed by atoms with van der Waals surface area (Å²) in [6.45, 7) is 8.71. The molecule has 1 aromatic heterocycles. The number of nitriles is 1. The van der Waals surface area contributed by atoms with Crippen molar-refractivity contribution in [1.29, 1.82) is 5.26 Å². The number of aromatic nitrogens is 1. The van der Waals surface area contributed by atoms with Crippen molar-refractivity contribution in [1.82, 2.24) is 9.88 Å². The highest BCUT2D eigenvalue weighted by atomic mass is 15.3. The molecule has 0 aliphatic carbocycles. The molecule has 0 amide bonds. The first-order valence-corrected chi connectivity index (χ1v) is 8.74. The topological polar surface area (TPSA) is 43.2 Å². The predicted octanol–water partition coefficient (Wildman–Crippen LogP) is 3.41. The maximum Gasteiger partial charge on any atom is 0.147 e. The van der Waals surface area contributed by atoms with Gasteiger partial charge in [-0.3, -0.25) is 4.90 Å². The molecule has 0 unspecified atom stereocenters. The Morgan fingerprint density at radius 2 is 1.84 bits per heavy atom. The first-order valence-electron chi connectivity index (χ1n) is 8.74. The number of hydrogen-bond donors (Lipinski definition) is 0. The molecule has 1 aromatic carbocycles. The number of hydrogen-bond acceptors (Lipinski definition) is 4. The van der Waals surface area contributed by atoms with E-state index >= 15 is 0 Å². The van der Waals surface area contributed by atoms with Crippen LogP contribution in [0.5, 0.6) is 0 Å². The summed E-state index contributed by atoms with van der Waals surface area (Å²) in [7, 11) is 0. The van der Waals surface area contributed by atoms with Gasteiger partial charge in [-0.15, -0.1) is 0 Å². The van der Waals surface area contributed by atoms with Gasteiger partial charge in [0.25, 0.3) is 0 Å². The molecule has 25 heavy (non-hydrogen) atoms. The maximum absolute atomic E-state index is 9.46. The van der Waals surface area contributed by atoms with Gasteiger partial charge < -0.3 is 4.90 Å². The molecule has 128 valence electrons. The quantitative estimate of drug-likeness (QED) is 0.860. The molecule has 0 spiro atoms. The average molecular weight is 332 g/mol. The van der Waals surface area contributed by atoms with Gasteiger partial charge in [0.05, 0.1) is 5.56 Å². The van der Waals surface area contributed by atoms with Gasteiger partial charge >= 0.3 is 0 Å². The number of rotatable bonds is 4. The summed E-state index contributed by atoms with van der Waals surface area (Å²) in [6, 6.07) is 14.7. The number of pyridine rings is 1. The van der Waals surface area contributed by atoms with Gasteiger partial charge in [-0.25, -0.2) is 4.98 Å². The molecule has 0 bridgehead atoms. The Morgan fingerprint density at radius 3 is 2.52 bits per heavy atom. The van der Waals surface area contributed by atoms with Crippen LogP contribution >= 0.6 is 0 Å². The first kappa shape index (κ1) is 17.2. The van der Waals surface area contributed by atoms with Crippen LogP contribution in [-0.2, 0) is 0 Å². The Kier molecular flexibility index (Phi) is 5.47. The van der Waals surface area contributed by atoms with Crippen LogP contribution in [0, 0.1) is 25.2 Å². The van der Waals surface area contributed by atoms with E-state index in [-0.39, 0.29) is 0 Å². The van der Waals surface area contributed by atoms with Crippen molar-refractivity contribution in [2.75, 3.05) is 37.6 Å². The van der Waals surface area contributed by atoms with E-state index in [0.29, 0.717) is 5.56 Å². The molecule has 3 rings (SSSR count). The second-order valence-electron chi connectivity index (χ2n) is 6.49. The molecule has 0 N–H and O–H groups in total. The zero-order valence-electron chi connectivity index (χ0n) is 14.9. The summed E-state index contributed by atoms with van der Waals surface area (Å²) >= 11 is 0. The van der Waals surface area contributed by atoms with Gasteiger partial charge in [-0.05, 0) is 31.0 Å². The zero-order chi connectivity index (χ0) is 17.6. The minimum absolute atomic E-state index is 0.711. The minimum Gasteiger partial charge on any atom is -0.353 e. The SMILES string of the molecule is Cc1cc(C)c(C#N)c(N2CCN(C/C=C/c3ccccc3)CC2)n1. The first-order chi connectivity index (χ1) is 12.2. The number of anilines is 1. The summed E-state index contributed by atoms with van der Waals surface area (Å²) in [5.41, 5.74) is 3.93. The van der Waals surface area contributed by atoms with Gasteiger partial charge in [-0.2, -0.15) is 5.26 Å². The summed E-state index contributed by atoms with van der Waals surface area (Å²) in [5.74, 6) is 0.847. The molecule has 2 heterocycles. The van der Waals surface area contributed by atoms with Crippen molar-refractivity contribution in [2.45, 2.75) is 13.8 Å². The van der Waals surface area contributed by atoms with Crippen LogP contribution in [0.4, 0.5) is 5.82 Å². The van der Waals surface area contributed by atoms with Crippen molar-refractivity contribution >= 4 is 11.9 Å². The van der Waals surface area contributed by atoms with Crippen LogP contribution in [-0.4, -0.2) is 42.6 Å². The fourth-order valence-electron chi connectivity index (χ4n) is 3.23. The number of benzene rings is 1. The van der Waals surface area contributed by atoms with Gasteiger partial charge in [0.2, 0.25) is 0 Å². The highest BCUT2D eigenvalue weighted by molar-refractivity contribution is 5.58. The molecular formula is C21H24N4. The van der Waals surface area contributed by atoms with Crippen molar-refractivity contribution in [3.8, 4) is 6.07 Å². The number of nitrogens with zero attached hydrogens (tertiary/aromatic N) is 4. The molecular weight excluding hydrogens is 308 g/mol. The maximum atomic E-state index is 9.46. The molecule has 0 radical (unpaired) electrons. The summed E-state index contributed by atoms with van der Waals surface area (Å²) in [5, 5.41) is 9.46. The van der Waals surface area contributed by atoms with E-state index in [9.17, 15) is 5.26 Å². The largest absolute Gasteiger partial charge is 0.353 e. The molecule has 1 aliphatic rings. The second kappa shape index (κ2) is 7.96. The lowest BCUT2D eigenvalue weighted by Gasteiger charge is -2.35. The Hall–Kier alpha value is -2.64. The van der Waals surface area contributed by atoms with Crippen LogP contribution in [0.3, 0.4) is 0 Å². The van der Waals surface area contributed by atoms with Crippen molar-refractivity contribution in [2.24, 2.45) is 0 Å². The number of piperazine rings is 1. The lowest BCUT2D eigenvalue weighted by molar-refractivity contribution is 0.283. The normalized spacial score (nSPS) is 15.5. The van der Waals surface area contributed by atoms with Crippen LogP contribution < -0.4 is 4.90 Å². The molecule has 0 atom stereocenters. The molecule has 1 saturated heterocycles. The van der Waals surface area contributed by atoms with E-state index in [0.717, 1.165) is 49.8 Å². The standard InChI is InChI=1S/C21H24N4/c1-17-15-18(2)23-21(20(17)16-22)25-13-11-24(12-14-25)10-6-9-19-7-4-3-5-8-19/h3-9,15H,10-14H2,1-2H3/b9-6+. The Morgan fingerprint density at radius 1 is 1.12 bits per heavy atom. The van der Waals surface area contributed by atoms with Crippen molar-refractivity contribution in [3.63, 3.8) is 0 Å². The van der Waals surface area contributed by atoms with Crippen LogP contribution in [0.1, 0.15) is 22.4 Å². The van der Waals surface area contributed by atoms with E-state index in [1.54, 1.807) is 0 Å². The van der Waals surface area contributed by atoms with E-state index in [1.807, 2.05) is 26.0 Å². The highest BCUT2D eigenvalue weighted by Crippen LogP contribution is 2.23. The molecule has 0 saturated carbocycles. The Bertz CT molecular complexity index is 782. The zero-order valence-corrected chi connectivity index (χ0v) is 14.9. The van der Waals surface area contributed by atoms with E-state index in [4.69, 9.17) is 0 Å². The summed E-state index contributed by atoms with van der Waals surface area (Å²) in [4.78, 5) is 9.31. The van der Waals surface area contributed by atoms with E-state index in [1.165, 1.54) is 5.56 Å². The molecule has 1 aliphatic heterocycles. The summed E-state index contributed by atoms with van der Waals surface area (Å²) in [6.07, 6.45) is 4.40. The lowest BCUT2D eigenvalue weighted by atomic mass is 10.1. The van der Waals surface area contributed by atoms with Gasteiger partial charge in [0.15, 0.2) is 0 Å². The predicted molar refractivity (Wildman–Crippen MR) is 103 cm³/mol. The van der Waals surface area contributed by atoms with E-state index < -0.39 is 0 Å². The minimum atomic E-state index is 0.711. The number of aryl methyl sites for hydroxylation is 2. The van der Waals surface area contributed by atoms with Crippen LogP contribution in [0.2, 0.25) is 0 Å².